The molecule has 1 aromatic carbocycles. The SMILES string of the molecule is Cc1nn(C)c(C)c1S(=O)(=O)N1CCC(Nc2nccc(-c3cn(C(C)C)c(=O)n3-c3ccc(F)cc3)n2)CC1.Cl. The summed E-state index contributed by atoms with van der Waals surface area (Å²) in [6.45, 7) is 8.01. The predicted molar refractivity (Wildman–Crippen MR) is 157 cm³/mol. The summed E-state index contributed by atoms with van der Waals surface area (Å²) in [5.41, 5.74) is 2.47. The van der Waals surface area contributed by atoms with Gasteiger partial charge in [-0.1, -0.05) is 0 Å². The number of hydrogen-bond donors (Lipinski definition) is 1. The fraction of sp³-hybridized carbons (Fsp3) is 0.407. The van der Waals surface area contributed by atoms with Crippen LogP contribution < -0.4 is 11.0 Å². The lowest BCUT2D eigenvalue weighted by atomic mass is 10.1. The highest BCUT2D eigenvalue weighted by Gasteiger charge is 2.33. The molecule has 0 radical (unpaired) electrons. The Morgan fingerprint density at radius 3 is 2.32 bits per heavy atom. The number of halogens is 2. The zero-order chi connectivity index (χ0) is 28.8. The summed E-state index contributed by atoms with van der Waals surface area (Å²) in [7, 11) is -1.91. The summed E-state index contributed by atoms with van der Waals surface area (Å²) >= 11 is 0. The predicted octanol–water partition coefficient (Wildman–Crippen LogP) is 3.85. The summed E-state index contributed by atoms with van der Waals surface area (Å²) in [6, 6.07) is 7.34. The maximum absolute atomic E-state index is 13.6. The zero-order valence-corrected chi connectivity index (χ0v) is 25.2. The Morgan fingerprint density at radius 1 is 1.07 bits per heavy atom. The van der Waals surface area contributed by atoms with Gasteiger partial charge >= 0.3 is 5.69 Å². The van der Waals surface area contributed by atoms with E-state index in [-0.39, 0.29) is 40.9 Å². The minimum atomic E-state index is -3.65. The lowest BCUT2D eigenvalue weighted by molar-refractivity contribution is 0.329. The topological polar surface area (TPSA) is 120 Å². The first-order chi connectivity index (χ1) is 19.0. The molecule has 5 rings (SSSR count). The van der Waals surface area contributed by atoms with Crippen LogP contribution in [0.25, 0.3) is 17.1 Å². The summed E-state index contributed by atoms with van der Waals surface area (Å²) in [6.07, 6.45) is 4.52. The van der Waals surface area contributed by atoms with Crippen LogP contribution in [0.2, 0.25) is 0 Å². The van der Waals surface area contributed by atoms with E-state index in [1.54, 1.807) is 60.7 Å². The average molecular weight is 605 g/mol. The smallest absolute Gasteiger partial charge is 0.333 e. The minimum absolute atomic E-state index is 0. The quantitative estimate of drug-likeness (QED) is 0.340. The van der Waals surface area contributed by atoms with Gasteiger partial charge in [0.2, 0.25) is 16.0 Å². The first-order valence-corrected chi connectivity index (χ1v) is 14.6. The second-order valence-corrected chi connectivity index (χ2v) is 12.2. The highest BCUT2D eigenvalue weighted by molar-refractivity contribution is 7.89. The van der Waals surface area contributed by atoms with E-state index in [0.29, 0.717) is 60.3 Å². The van der Waals surface area contributed by atoms with Crippen molar-refractivity contribution >= 4 is 28.4 Å². The van der Waals surface area contributed by atoms with Crippen molar-refractivity contribution in [3.63, 3.8) is 0 Å². The van der Waals surface area contributed by atoms with Crippen molar-refractivity contribution in [1.82, 2.24) is 33.2 Å². The van der Waals surface area contributed by atoms with Gasteiger partial charge < -0.3 is 5.32 Å². The van der Waals surface area contributed by atoms with Crippen molar-refractivity contribution in [2.24, 2.45) is 7.05 Å². The van der Waals surface area contributed by atoms with Crippen LogP contribution in [0.15, 0.2) is 52.4 Å². The van der Waals surface area contributed by atoms with E-state index in [9.17, 15) is 17.6 Å². The van der Waals surface area contributed by atoms with E-state index < -0.39 is 10.0 Å². The zero-order valence-electron chi connectivity index (χ0n) is 23.6. The van der Waals surface area contributed by atoms with Crippen LogP contribution in [0, 0.1) is 19.7 Å². The van der Waals surface area contributed by atoms with Gasteiger partial charge in [-0.25, -0.2) is 27.6 Å². The molecule has 1 N–H and O–H groups in total. The molecule has 0 amide bonds. The number of piperidine rings is 1. The Balaban J connectivity index is 0.00000387. The number of aromatic nitrogens is 6. The molecule has 0 aliphatic carbocycles. The molecular weight excluding hydrogens is 571 g/mol. The van der Waals surface area contributed by atoms with Crippen molar-refractivity contribution in [3.05, 3.63) is 70.4 Å². The number of nitrogens with one attached hydrogen (secondary N) is 1. The second kappa shape index (κ2) is 11.7. The fourth-order valence-electron chi connectivity index (χ4n) is 5.10. The van der Waals surface area contributed by atoms with Crippen LogP contribution >= 0.6 is 12.4 Å². The molecule has 1 aliphatic heterocycles. The molecule has 0 unspecified atom stereocenters. The molecule has 1 aliphatic rings. The van der Waals surface area contributed by atoms with Crippen molar-refractivity contribution < 1.29 is 12.8 Å². The van der Waals surface area contributed by atoms with Crippen LogP contribution in [0.5, 0.6) is 0 Å². The van der Waals surface area contributed by atoms with Crippen LogP contribution in [-0.4, -0.2) is 60.7 Å². The standard InChI is InChI=1S/C27H33FN8O3S.ClH/c1-17(2)35-16-24(36(27(35)37)22-8-6-20(28)7-9-22)23-10-13-29-26(31-23)30-21-11-14-34(15-12-21)40(38,39)25-18(3)32-33(5)19(25)4;/h6-10,13,16-17,21H,11-12,14-15H2,1-5H3,(H,29,30,31);1H. The largest absolute Gasteiger partial charge is 0.351 e. The Hall–Kier alpha value is -3.55. The molecule has 220 valence electrons. The van der Waals surface area contributed by atoms with Gasteiger partial charge in [0.1, 0.15) is 10.7 Å². The summed E-state index contributed by atoms with van der Waals surface area (Å²) in [5, 5.41) is 7.60. The molecule has 1 fully saturated rings. The van der Waals surface area contributed by atoms with Crippen molar-refractivity contribution in [1.29, 1.82) is 0 Å². The molecule has 0 saturated carbocycles. The lowest BCUT2D eigenvalue weighted by Crippen LogP contribution is -2.42. The van der Waals surface area contributed by atoms with Gasteiger partial charge in [-0.3, -0.25) is 13.8 Å². The molecule has 0 atom stereocenters. The average Bonchev–Trinajstić information content (AvgIpc) is 3.40. The molecular formula is C27H34ClFN8O3S. The second-order valence-electron chi connectivity index (χ2n) is 10.3. The fourth-order valence-corrected chi connectivity index (χ4v) is 6.97. The van der Waals surface area contributed by atoms with Crippen LogP contribution in [0.3, 0.4) is 0 Å². The monoisotopic (exact) mass is 604 g/mol. The van der Waals surface area contributed by atoms with E-state index in [1.165, 1.54) is 21.0 Å². The van der Waals surface area contributed by atoms with Crippen LogP contribution in [-0.2, 0) is 17.1 Å². The minimum Gasteiger partial charge on any atom is -0.351 e. The van der Waals surface area contributed by atoms with Gasteiger partial charge in [-0.2, -0.15) is 9.40 Å². The van der Waals surface area contributed by atoms with E-state index in [1.807, 2.05) is 13.8 Å². The van der Waals surface area contributed by atoms with Crippen molar-refractivity contribution in [2.45, 2.75) is 57.5 Å². The number of nitrogens with zero attached hydrogens (tertiary/aromatic N) is 7. The van der Waals surface area contributed by atoms with Crippen molar-refractivity contribution in [3.8, 4) is 17.1 Å². The van der Waals surface area contributed by atoms with Gasteiger partial charge in [0.05, 0.1) is 28.5 Å². The van der Waals surface area contributed by atoms with Crippen molar-refractivity contribution in [2.75, 3.05) is 18.4 Å². The number of anilines is 1. The van der Waals surface area contributed by atoms with Gasteiger partial charge in [0.15, 0.2) is 0 Å². The third-order valence-corrected chi connectivity index (χ3v) is 9.45. The molecule has 4 aromatic rings. The molecule has 14 heteroatoms. The molecule has 11 nitrogen and oxygen atoms in total. The third kappa shape index (κ3) is 5.79. The Morgan fingerprint density at radius 2 is 1.73 bits per heavy atom. The lowest BCUT2D eigenvalue weighted by Gasteiger charge is -2.31. The van der Waals surface area contributed by atoms with Gasteiger partial charge in [0, 0.05) is 44.6 Å². The molecule has 41 heavy (non-hydrogen) atoms. The Bertz CT molecular complexity index is 1710. The van der Waals surface area contributed by atoms with E-state index in [2.05, 4.69) is 20.4 Å². The number of benzene rings is 1. The highest BCUT2D eigenvalue weighted by atomic mass is 35.5. The third-order valence-electron chi connectivity index (χ3n) is 7.30. The molecule has 3 aromatic heterocycles. The maximum atomic E-state index is 13.6. The summed E-state index contributed by atoms with van der Waals surface area (Å²) in [5.74, 6) is -0.00660. The van der Waals surface area contributed by atoms with Gasteiger partial charge in [0.25, 0.3) is 0 Å². The summed E-state index contributed by atoms with van der Waals surface area (Å²) < 4.78 is 46.5. The Labute approximate surface area is 244 Å². The molecule has 0 bridgehead atoms. The molecule has 1 saturated heterocycles. The maximum Gasteiger partial charge on any atom is 0.333 e. The first kappa shape index (κ1) is 30.4. The number of hydrogen-bond acceptors (Lipinski definition) is 7. The highest BCUT2D eigenvalue weighted by Crippen LogP contribution is 2.27. The van der Waals surface area contributed by atoms with E-state index in [0.717, 1.165) is 0 Å². The van der Waals surface area contributed by atoms with E-state index >= 15 is 0 Å². The van der Waals surface area contributed by atoms with Crippen LogP contribution in [0.1, 0.15) is 44.1 Å². The number of sulfonamides is 1. The molecule has 4 heterocycles. The van der Waals surface area contributed by atoms with E-state index in [4.69, 9.17) is 0 Å². The number of imidazole rings is 1. The first-order valence-electron chi connectivity index (χ1n) is 13.2. The number of rotatable bonds is 7. The summed E-state index contributed by atoms with van der Waals surface area (Å²) in [4.78, 5) is 22.6. The normalized spacial score (nSPS) is 14.8. The van der Waals surface area contributed by atoms with Crippen LogP contribution in [0.4, 0.5) is 10.3 Å². The van der Waals surface area contributed by atoms with Gasteiger partial charge in [-0.15, -0.1) is 12.4 Å². The van der Waals surface area contributed by atoms with Gasteiger partial charge in [-0.05, 0) is 70.9 Å². The number of aryl methyl sites for hydroxylation is 2. The Kier molecular flexibility index (Phi) is 8.71. The molecule has 0 spiro atoms.